The van der Waals surface area contributed by atoms with E-state index in [9.17, 15) is 30.0 Å². The van der Waals surface area contributed by atoms with Gasteiger partial charge in [0.1, 0.15) is 34.4 Å². The minimum Gasteiger partial charge on any atom is -0.491 e. The highest BCUT2D eigenvalue weighted by molar-refractivity contribution is 6.03. The summed E-state index contributed by atoms with van der Waals surface area (Å²) in [5.41, 5.74) is -6.96. The Balaban J connectivity index is 1.85. The fourth-order valence-electron chi connectivity index (χ4n) is 7.54. The van der Waals surface area contributed by atoms with E-state index in [-0.39, 0.29) is 31.4 Å². The molecule has 2 bridgehead atoms. The second-order valence-electron chi connectivity index (χ2n) is 12.3. The van der Waals surface area contributed by atoms with Crippen molar-refractivity contribution in [2.45, 2.75) is 88.0 Å². The summed E-state index contributed by atoms with van der Waals surface area (Å²) in [6.07, 6.45) is 2.52. The van der Waals surface area contributed by atoms with Gasteiger partial charge >= 0.3 is 0 Å². The summed E-state index contributed by atoms with van der Waals surface area (Å²) in [5.74, 6) is -3.61. The molecule has 1 spiro atoms. The molecular weight excluding hydrogens is 464 g/mol. The molecule has 6 rings (SSSR count). The van der Waals surface area contributed by atoms with E-state index in [4.69, 9.17) is 9.47 Å². The van der Waals surface area contributed by atoms with Crippen molar-refractivity contribution in [3.05, 3.63) is 48.5 Å². The topological polar surface area (TPSA) is 134 Å². The van der Waals surface area contributed by atoms with Crippen LogP contribution in [0.5, 0.6) is 0 Å². The van der Waals surface area contributed by atoms with Gasteiger partial charge in [-0.25, -0.2) is 0 Å². The van der Waals surface area contributed by atoms with E-state index in [0.717, 1.165) is 0 Å². The van der Waals surface area contributed by atoms with Crippen LogP contribution < -0.4 is 0 Å². The molecule has 4 aliphatic carbocycles. The van der Waals surface area contributed by atoms with Crippen LogP contribution in [0.1, 0.15) is 53.4 Å². The van der Waals surface area contributed by atoms with Gasteiger partial charge in [0.25, 0.3) is 0 Å². The summed E-state index contributed by atoms with van der Waals surface area (Å²) in [5, 5.41) is 45.9. The summed E-state index contributed by atoms with van der Waals surface area (Å²) in [7, 11) is 0. The van der Waals surface area contributed by atoms with Crippen molar-refractivity contribution < 1.29 is 39.5 Å². The molecule has 0 aromatic rings. The van der Waals surface area contributed by atoms with Gasteiger partial charge in [0.2, 0.25) is 0 Å². The second-order valence-corrected chi connectivity index (χ2v) is 12.3. The molecule has 0 aromatic carbocycles. The molecule has 2 fully saturated rings. The van der Waals surface area contributed by atoms with Crippen LogP contribution in [0.15, 0.2) is 48.5 Å². The van der Waals surface area contributed by atoms with Gasteiger partial charge in [0.15, 0.2) is 11.6 Å². The molecule has 196 valence electrons. The summed E-state index contributed by atoms with van der Waals surface area (Å²) in [4.78, 5) is 27.7. The molecule has 36 heavy (non-hydrogen) atoms. The van der Waals surface area contributed by atoms with Crippen LogP contribution in [0.25, 0.3) is 0 Å². The SMILES string of the molecule is C=CC[C@]1(O)C(=O)C=C2O[C@H](C(C)(C)O)C[C@]23[C@@H]2C(=O)[C@@](O)(CC=C)[C@@H](C4=C2OC(C)(C)[C@H](O)C4)[C@H]31. The first-order valence-electron chi connectivity index (χ1n) is 12.6. The van der Waals surface area contributed by atoms with Gasteiger partial charge in [-0.15, -0.1) is 13.2 Å². The molecule has 6 aliphatic rings. The number of ether oxygens (including phenoxy) is 2. The third kappa shape index (κ3) is 2.90. The standard InChI is InChI=1S/C28H36O8/c1-7-9-27(33)16(30)12-17-26(13-18(35-17)24(3,4)32)20-21-14(11-15(29)25(5,6)36-21)19(22(26)27)28(34,10-8-2)23(20)31/h7-8,12,15,18-20,22,29,32-34H,1-2,9-11,13H2,3-6H3/t15-,18+,19+,20+,22-,26-,27+,28-/m1/s1. The first-order valence-corrected chi connectivity index (χ1v) is 12.6. The van der Waals surface area contributed by atoms with Crippen molar-refractivity contribution in [2.24, 2.45) is 23.2 Å². The van der Waals surface area contributed by atoms with E-state index in [1.54, 1.807) is 27.7 Å². The third-order valence-corrected chi connectivity index (χ3v) is 9.30. The highest BCUT2D eigenvalue weighted by Crippen LogP contribution is 2.73. The predicted molar refractivity (Wildman–Crippen MR) is 129 cm³/mol. The van der Waals surface area contributed by atoms with E-state index >= 15 is 0 Å². The number of hydrogen-bond donors (Lipinski definition) is 4. The number of Topliss-reactive ketones (excluding diaryl/α,β-unsaturated/α-hetero) is 1. The monoisotopic (exact) mass is 500 g/mol. The number of allylic oxidation sites excluding steroid dienone is 2. The van der Waals surface area contributed by atoms with E-state index < -0.39 is 69.3 Å². The second kappa shape index (κ2) is 7.40. The van der Waals surface area contributed by atoms with Gasteiger partial charge in [0, 0.05) is 43.6 Å². The summed E-state index contributed by atoms with van der Waals surface area (Å²) >= 11 is 0. The van der Waals surface area contributed by atoms with Crippen molar-refractivity contribution >= 4 is 11.6 Å². The number of carbonyl (C=O) groups excluding carboxylic acids is 2. The predicted octanol–water partition coefficient (Wildman–Crippen LogP) is 1.87. The van der Waals surface area contributed by atoms with Crippen LogP contribution in [-0.2, 0) is 19.1 Å². The fraction of sp³-hybridized carbons (Fsp3) is 0.643. The van der Waals surface area contributed by atoms with Gasteiger partial charge in [-0.2, -0.15) is 0 Å². The minimum atomic E-state index is -1.99. The Labute approximate surface area is 211 Å². The molecule has 4 N–H and O–H groups in total. The Bertz CT molecular complexity index is 1120. The number of carbonyl (C=O) groups is 2. The Hall–Kier alpha value is -2.26. The van der Waals surface area contributed by atoms with E-state index in [2.05, 4.69) is 13.2 Å². The van der Waals surface area contributed by atoms with Gasteiger partial charge in [-0.1, -0.05) is 12.2 Å². The molecule has 8 heteroatoms. The van der Waals surface area contributed by atoms with E-state index in [0.29, 0.717) is 11.3 Å². The highest BCUT2D eigenvalue weighted by atomic mass is 16.5. The summed E-state index contributed by atoms with van der Waals surface area (Å²) in [6, 6.07) is 0. The van der Waals surface area contributed by atoms with Gasteiger partial charge in [0.05, 0.1) is 23.0 Å². The molecule has 1 saturated carbocycles. The fourth-order valence-corrected chi connectivity index (χ4v) is 7.54. The van der Waals surface area contributed by atoms with Crippen LogP contribution in [0.4, 0.5) is 0 Å². The van der Waals surface area contributed by atoms with Gasteiger partial charge < -0.3 is 29.9 Å². The minimum absolute atomic E-state index is 0.0942. The molecule has 0 radical (unpaired) electrons. The Kier molecular flexibility index (Phi) is 5.22. The normalized spacial score (nSPS) is 44.7. The molecule has 2 aliphatic heterocycles. The molecule has 2 heterocycles. The molecule has 0 unspecified atom stereocenters. The van der Waals surface area contributed by atoms with Crippen LogP contribution in [0.3, 0.4) is 0 Å². The molecule has 8 nitrogen and oxygen atoms in total. The summed E-state index contributed by atoms with van der Waals surface area (Å²) < 4.78 is 12.5. The van der Waals surface area contributed by atoms with Crippen molar-refractivity contribution in [3.8, 4) is 0 Å². The number of rotatable bonds is 5. The van der Waals surface area contributed by atoms with Crippen LogP contribution in [0, 0.1) is 23.2 Å². The maximum absolute atomic E-state index is 14.2. The Morgan fingerprint density at radius 3 is 2.33 bits per heavy atom. The molecule has 0 amide bonds. The van der Waals surface area contributed by atoms with Crippen LogP contribution in [0.2, 0.25) is 0 Å². The maximum Gasteiger partial charge on any atom is 0.191 e. The van der Waals surface area contributed by atoms with E-state index in [1.807, 2.05) is 0 Å². The smallest absolute Gasteiger partial charge is 0.191 e. The lowest BCUT2D eigenvalue weighted by Crippen LogP contribution is -2.75. The zero-order chi connectivity index (χ0) is 26.6. The highest BCUT2D eigenvalue weighted by Gasteiger charge is 2.80. The van der Waals surface area contributed by atoms with Crippen molar-refractivity contribution in [1.29, 1.82) is 0 Å². The number of aliphatic hydroxyl groups is 4. The number of fused-ring (bicyclic) bond motifs is 1. The first kappa shape index (κ1) is 25.4. The average Bonchev–Trinajstić information content (AvgIpc) is 3.12. The third-order valence-electron chi connectivity index (χ3n) is 9.30. The lowest BCUT2D eigenvalue weighted by Gasteiger charge is -2.66. The maximum atomic E-state index is 14.2. The average molecular weight is 501 g/mol. The Morgan fingerprint density at radius 1 is 1.14 bits per heavy atom. The van der Waals surface area contributed by atoms with Crippen molar-refractivity contribution in [2.75, 3.05) is 0 Å². The molecule has 1 saturated heterocycles. The molecule has 8 atom stereocenters. The van der Waals surface area contributed by atoms with Gasteiger partial charge in [-0.05, 0) is 33.3 Å². The first-order chi connectivity index (χ1) is 16.6. The van der Waals surface area contributed by atoms with Crippen LogP contribution >= 0.6 is 0 Å². The molecular formula is C28H36O8. The number of aliphatic hydroxyl groups excluding tert-OH is 1. The van der Waals surface area contributed by atoms with Crippen molar-refractivity contribution in [3.63, 3.8) is 0 Å². The lowest BCUT2D eigenvalue weighted by molar-refractivity contribution is -0.218. The van der Waals surface area contributed by atoms with Gasteiger partial charge in [-0.3, -0.25) is 9.59 Å². The van der Waals surface area contributed by atoms with Crippen molar-refractivity contribution in [1.82, 2.24) is 0 Å². The van der Waals surface area contributed by atoms with Crippen LogP contribution in [-0.4, -0.2) is 66.6 Å². The zero-order valence-electron chi connectivity index (χ0n) is 21.3. The number of hydrogen-bond acceptors (Lipinski definition) is 8. The lowest BCUT2D eigenvalue weighted by atomic mass is 9.38. The number of ketones is 2. The molecule has 0 aromatic heterocycles. The zero-order valence-corrected chi connectivity index (χ0v) is 21.3. The quantitative estimate of drug-likeness (QED) is 0.421. The summed E-state index contributed by atoms with van der Waals surface area (Å²) in [6.45, 7) is 14.1. The van der Waals surface area contributed by atoms with E-state index in [1.165, 1.54) is 18.2 Å². The largest absolute Gasteiger partial charge is 0.491 e. The Morgan fingerprint density at radius 2 is 1.75 bits per heavy atom.